The number of hydrogen-bond donors (Lipinski definition) is 2. The molecule has 0 saturated heterocycles. The van der Waals surface area contributed by atoms with Crippen molar-refractivity contribution in [3.05, 3.63) is 89.5 Å². The lowest BCUT2D eigenvalue weighted by molar-refractivity contribution is 0.386. The first-order valence-corrected chi connectivity index (χ1v) is 9.58. The molecule has 0 spiro atoms. The Labute approximate surface area is 151 Å². The van der Waals surface area contributed by atoms with E-state index in [-0.39, 0.29) is 22.9 Å². The quantitative estimate of drug-likeness (QED) is 0.744. The van der Waals surface area contributed by atoms with Crippen LogP contribution in [0.4, 0.5) is 0 Å². The molecule has 0 aliphatic carbocycles. The van der Waals surface area contributed by atoms with E-state index in [4.69, 9.17) is 0 Å². The van der Waals surface area contributed by atoms with Gasteiger partial charge in [-0.3, -0.25) is 0 Å². The number of phenolic OH excluding ortho intramolecular Hbond substituents is 2. The summed E-state index contributed by atoms with van der Waals surface area (Å²) in [6.07, 6.45) is 0. The van der Waals surface area contributed by atoms with E-state index >= 15 is 0 Å². The molecule has 1 aliphatic rings. The van der Waals surface area contributed by atoms with E-state index in [1.165, 1.54) is 4.31 Å². The van der Waals surface area contributed by atoms with E-state index in [1.807, 2.05) is 54.6 Å². The molecule has 1 atom stereocenters. The number of nitrogens with zero attached hydrogens (tertiary/aromatic N) is 1. The third kappa shape index (κ3) is 2.73. The van der Waals surface area contributed by atoms with Gasteiger partial charge in [0, 0.05) is 24.7 Å². The maximum absolute atomic E-state index is 13.3. The Morgan fingerprint density at radius 3 is 2.15 bits per heavy atom. The summed E-state index contributed by atoms with van der Waals surface area (Å²) in [6, 6.07) is 20.0. The molecule has 5 nitrogen and oxygen atoms in total. The highest BCUT2D eigenvalue weighted by molar-refractivity contribution is 7.89. The van der Waals surface area contributed by atoms with E-state index in [9.17, 15) is 18.6 Å². The van der Waals surface area contributed by atoms with Gasteiger partial charge < -0.3 is 10.2 Å². The molecule has 0 fully saturated rings. The lowest BCUT2D eigenvalue weighted by Gasteiger charge is -2.25. The molecule has 0 radical (unpaired) electrons. The minimum atomic E-state index is -3.94. The second-order valence-electron chi connectivity index (χ2n) is 6.25. The fourth-order valence-corrected chi connectivity index (χ4v) is 5.05. The lowest BCUT2D eigenvalue weighted by atomic mass is 9.99. The van der Waals surface area contributed by atoms with Crippen LogP contribution in [-0.2, 0) is 16.6 Å². The van der Waals surface area contributed by atoms with Crippen LogP contribution in [0.1, 0.15) is 22.7 Å². The molecule has 132 valence electrons. The van der Waals surface area contributed by atoms with Gasteiger partial charge in [0.05, 0.1) is 10.9 Å². The van der Waals surface area contributed by atoms with Gasteiger partial charge in [0.2, 0.25) is 10.0 Å². The molecule has 0 amide bonds. The van der Waals surface area contributed by atoms with Crippen molar-refractivity contribution >= 4 is 10.0 Å². The molecule has 0 aromatic heterocycles. The van der Waals surface area contributed by atoms with Crippen LogP contribution in [0.5, 0.6) is 11.5 Å². The van der Waals surface area contributed by atoms with Gasteiger partial charge in [-0.15, -0.1) is 0 Å². The molecule has 2 N–H and O–H groups in total. The maximum atomic E-state index is 13.3. The smallest absolute Gasteiger partial charge is 0.244 e. The van der Waals surface area contributed by atoms with E-state index in [2.05, 4.69) is 0 Å². The number of hydrogen-bond acceptors (Lipinski definition) is 4. The van der Waals surface area contributed by atoms with Gasteiger partial charge in [-0.25, -0.2) is 8.42 Å². The average Bonchev–Trinajstić information content (AvgIpc) is 3.02. The Hall–Kier alpha value is -2.83. The third-order valence-electron chi connectivity index (χ3n) is 4.56. The van der Waals surface area contributed by atoms with Crippen LogP contribution in [-0.4, -0.2) is 22.9 Å². The zero-order valence-corrected chi connectivity index (χ0v) is 14.6. The molecule has 0 bridgehead atoms. The van der Waals surface area contributed by atoms with Gasteiger partial charge in [-0.2, -0.15) is 4.31 Å². The molecule has 4 rings (SSSR count). The van der Waals surface area contributed by atoms with Crippen LogP contribution in [0.25, 0.3) is 0 Å². The zero-order valence-electron chi connectivity index (χ0n) is 13.8. The number of rotatable bonds is 3. The third-order valence-corrected chi connectivity index (χ3v) is 6.35. The Morgan fingerprint density at radius 2 is 1.46 bits per heavy atom. The standard InChI is InChI=1S/C20H17NO4S/c22-16-10-17(23)12-18(11-16)26(24,25)21-13-15-8-4-5-9-19(15)20(21)14-6-2-1-3-7-14/h1-12,20,22-23H,13H2. The molecule has 1 aliphatic heterocycles. The van der Waals surface area contributed by atoms with Gasteiger partial charge in [0.25, 0.3) is 0 Å². The highest BCUT2D eigenvalue weighted by atomic mass is 32.2. The predicted molar refractivity (Wildman–Crippen MR) is 97.2 cm³/mol. The first kappa shape index (κ1) is 16.6. The Kier molecular flexibility index (Phi) is 3.94. The summed E-state index contributed by atoms with van der Waals surface area (Å²) in [7, 11) is -3.94. The van der Waals surface area contributed by atoms with Gasteiger partial charge in [0.1, 0.15) is 11.5 Å². The predicted octanol–water partition coefficient (Wildman–Crippen LogP) is 3.39. The second kappa shape index (κ2) is 6.16. The molecule has 6 heteroatoms. The number of aromatic hydroxyl groups is 2. The monoisotopic (exact) mass is 367 g/mol. The average molecular weight is 367 g/mol. The van der Waals surface area contributed by atoms with Crippen molar-refractivity contribution < 1.29 is 18.6 Å². The van der Waals surface area contributed by atoms with Crippen molar-refractivity contribution in [3.8, 4) is 11.5 Å². The lowest BCUT2D eigenvalue weighted by Crippen LogP contribution is -2.30. The summed E-state index contributed by atoms with van der Waals surface area (Å²) in [5.74, 6) is -0.590. The van der Waals surface area contributed by atoms with E-state index < -0.39 is 16.1 Å². The Bertz CT molecular complexity index is 1040. The van der Waals surface area contributed by atoms with Gasteiger partial charge in [-0.05, 0) is 16.7 Å². The molecule has 3 aromatic carbocycles. The summed E-state index contributed by atoms with van der Waals surface area (Å²) in [5, 5.41) is 19.4. The molecule has 1 unspecified atom stereocenters. The molecular weight excluding hydrogens is 350 g/mol. The fourth-order valence-electron chi connectivity index (χ4n) is 3.42. The minimum absolute atomic E-state index is 0.135. The zero-order chi connectivity index (χ0) is 18.3. The van der Waals surface area contributed by atoms with Crippen LogP contribution in [0.3, 0.4) is 0 Å². The van der Waals surface area contributed by atoms with Crippen LogP contribution in [0.15, 0.2) is 77.7 Å². The van der Waals surface area contributed by atoms with Crippen LogP contribution >= 0.6 is 0 Å². The van der Waals surface area contributed by atoms with Crippen molar-refractivity contribution in [2.24, 2.45) is 0 Å². The topological polar surface area (TPSA) is 77.8 Å². The first-order valence-electron chi connectivity index (χ1n) is 8.14. The second-order valence-corrected chi connectivity index (χ2v) is 8.14. The normalized spacial score (nSPS) is 17.2. The maximum Gasteiger partial charge on any atom is 0.244 e. The fraction of sp³-hybridized carbons (Fsp3) is 0.100. The molecular formula is C20H17NO4S. The number of sulfonamides is 1. The molecule has 1 heterocycles. The van der Waals surface area contributed by atoms with Crippen molar-refractivity contribution in [1.29, 1.82) is 0 Å². The van der Waals surface area contributed by atoms with Gasteiger partial charge in [0.15, 0.2) is 0 Å². The summed E-state index contributed by atoms with van der Waals surface area (Å²) in [6.45, 7) is 0.231. The molecule has 3 aromatic rings. The van der Waals surface area contributed by atoms with Crippen molar-refractivity contribution in [2.75, 3.05) is 0 Å². The number of fused-ring (bicyclic) bond motifs is 1. The van der Waals surface area contributed by atoms with Crippen molar-refractivity contribution in [3.63, 3.8) is 0 Å². The Morgan fingerprint density at radius 1 is 0.846 bits per heavy atom. The molecule has 0 saturated carbocycles. The van der Waals surface area contributed by atoms with E-state index in [1.54, 1.807) is 0 Å². The highest BCUT2D eigenvalue weighted by Crippen LogP contribution is 2.42. The Balaban J connectivity index is 1.87. The summed E-state index contributed by atoms with van der Waals surface area (Å²) in [4.78, 5) is -0.135. The van der Waals surface area contributed by atoms with Crippen molar-refractivity contribution in [2.45, 2.75) is 17.5 Å². The minimum Gasteiger partial charge on any atom is -0.508 e. The number of benzene rings is 3. The van der Waals surface area contributed by atoms with Gasteiger partial charge >= 0.3 is 0 Å². The largest absolute Gasteiger partial charge is 0.508 e. The summed E-state index contributed by atoms with van der Waals surface area (Å²) in [5.41, 5.74) is 2.74. The molecule has 26 heavy (non-hydrogen) atoms. The first-order chi connectivity index (χ1) is 12.5. The van der Waals surface area contributed by atoms with Gasteiger partial charge in [-0.1, -0.05) is 54.6 Å². The van der Waals surface area contributed by atoms with Crippen LogP contribution in [0.2, 0.25) is 0 Å². The summed E-state index contributed by atoms with van der Waals surface area (Å²) >= 11 is 0. The van der Waals surface area contributed by atoms with Crippen molar-refractivity contribution in [1.82, 2.24) is 4.31 Å². The van der Waals surface area contributed by atoms with E-state index in [0.717, 1.165) is 34.9 Å². The SMILES string of the molecule is O=S(=O)(c1cc(O)cc(O)c1)N1Cc2ccccc2C1c1ccccc1. The highest BCUT2D eigenvalue weighted by Gasteiger charge is 2.39. The van der Waals surface area contributed by atoms with E-state index in [0.29, 0.717) is 0 Å². The van der Waals surface area contributed by atoms with Crippen LogP contribution < -0.4 is 0 Å². The number of phenols is 2. The summed E-state index contributed by atoms with van der Waals surface area (Å²) < 4.78 is 28.0. The van der Waals surface area contributed by atoms with Crippen LogP contribution in [0, 0.1) is 0 Å².